The van der Waals surface area contributed by atoms with Crippen LogP contribution in [0.3, 0.4) is 0 Å². The quantitative estimate of drug-likeness (QED) is 0.383. The van der Waals surface area contributed by atoms with Crippen LogP contribution in [0.25, 0.3) is 0 Å². The van der Waals surface area contributed by atoms with Gasteiger partial charge < -0.3 is 5.11 Å². The third kappa shape index (κ3) is 0.514. The molecule has 0 aliphatic heterocycles. The van der Waals surface area contributed by atoms with E-state index < -0.39 is 0 Å². The van der Waals surface area contributed by atoms with E-state index in [-0.39, 0.29) is 12.6 Å². The molecule has 0 rings (SSSR count). The predicted octanol–water partition coefficient (Wildman–Crippen LogP) is -0.299. The molecule has 0 saturated heterocycles. The Kier molecular flexibility index (Phi) is 79.2. The van der Waals surface area contributed by atoms with Crippen molar-refractivity contribution in [3.8, 4) is 0 Å². The molecule has 20 valence electrons. The smallest absolute Gasteiger partial charge is 0.290 e. The van der Waals surface area contributed by atoms with Crippen LogP contribution >= 0.6 is 0 Å². The zero-order valence-electron chi connectivity index (χ0n) is 2.14. The molecule has 0 aliphatic rings. The fourth-order valence-electron chi connectivity index (χ4n) is 0. The molecule has 0 saturated carbocycles. The van der Waals surface area contributed by atoms with Gasteiger partial charge in [0.05, 0.1) is 0 Å². The monoisotopic (exact) mass is 50.0 g/mol. The SMILES string of the molecule is O=CO.[He]. The molecular formula is CH2HeO2. The van der Waals surface area contributed by atoms with Gasteiger partial charge in [0.15, 0.2) is 0 Å². The molecular weight excluding hydrogens is 48.0 g/mol. The average molecular weight is 50.0 g/mol. The minimum atomic E-state index is -0.250. The van der Waals surface area contributed by atoms with E-state index in [1.165, 1.54) is 0 Å². The topological polar surface area (TPSA) is 37.3 Å². The van der Waals surface area contributed by atoms with Gasteiger partial charge in [-0.3, -0.25) is 4.79 Å². The molecule has 4 heavy (non-hydrogen) atoms. The molecule has 0 heterocycles. The van der Waals surface area contributed by atoms with Gasteiger partial charge in [0.1, 0.15) is 0 Å². The normalized spacial score (nSPS) is 3.00. The molecule has 0 atom stereocenters. The molecule has 0 fully saturated rings. The van der Waals surface area contributed by atoms with Crippen molar-refractivity contribution in [2.75, 3.05) is 0 Å². The van der Waals surface area contributed by atoms with Gasteiger partial charge in [-0.05, 0) is 0 Å². The van der Waals surface area contributed by atoms with Crippen molar-refractivity contribution in [3.05, 3.63) is 0 Å². The summed E-state index contributed by atoms with van der Waals surface area (Å²) in [5, 5.41) is 6.89. The molecule has 0 unspecified atom stereocenters. The maximum atomic E-state index is 8.36. The predicted molar refractivity (Wildman–Crippen MR) is 8.69 cm³/mol. The van der Waals surface area contributed by atoms with Crippen molar-refractivity contribution in [3.63, 3.8) is 0 Å². The van der Waals surface area contributed by atoms with Crippen LogP contribution in [-0.4, -0.2) is 11.6 Å². The zero-order chi connectivity index (χ0) is 2.71. The summed E-state index contributed by atoms with van der Waals surface area (Å²) in [6, 6.07) is 0. The van der Waals surface area contributed by atoms with Crippen LogP contribution in [0.15, 0.2) is 0 Å². The third-order valence-corrected chi connectivity index (χ3v) is 0. The van der Waals surface area contributed by atoms with Gasteiger partial charge in [-0.15, -0.1) is 0 Å². The van der Waals surface area contributed by atoms with Crippen molar-refractivity contribution < 1.29 is 16.1 Å². The van der Waals surface area contributed by atoms with E-state index in [1.807, 2.05) is 0 Å². The Hall–Kier alpha value is -0.621. The number of rotatable bonds is 0. The average Bonchev–Trinajstić information content (AvgIpc) is 0.918. The Labute approximate surface area is 23.8 Å². The van der Waals surface area contributed by atoms with Crippen LogP contribution < -0.4 is 0 Å². The van der Waals surface area contributed by atoms with Gasteiger partial charge in [0, 0.05) is 6.15 Å². The number of carboxylic acid groups (broad SMARTS) is 1. The first-order valence-electron chi connectivity index (χ1n) is 0.494. The fraction of sp³-hybridized carbons (Fsp3) is 0. The second-order valence-electron chi connectivity index (χ2n) is 0.105. The summed E-state index contributed by atoms with van der Waals surface area (Å²) >= 11 is 0. The first-order chi connectivity index (χ1) is 1.41. The number of hydrogen-bond acceptors (Lipinski definition) is 1. The van der Waals surface area contributed by atoms with Crippen LogP contribution in [0.5, 0.6) is 0 Å². The molecule has 2 nitrogen and oxygen atoms in total. The maximum absolute atomic E-state index is 8.36. The Balaban J connectivity index is 0. The van der Waals surface area contributed by atoms with Crippen LogP contribution in [0.2, 0.25) is 0 Å². The van der Waals surface area contributed by atoms with Crippen molar-refractivity contribution in [2.45, 2.75) is 0 Å². The third-order valence-electron chi connectivity index (χ3n) is 0. The Morgan fingerprint density at radius 2 is 1.75 bits per heavy atom. The van der Waals surface area contributed by atoms with Crippen molar-refractivity contribution in [2.24, 2.45) is 0 Å². The fourth-order valence-corrected chi connectivity index (χ4v) is 0. The number of hydrogen-bond donors (Lipinski definition) is 1. The summed E-state index contributed by atoms with van der Waals surface area (Å²) in [4.78, 5) is 8.36. The van der Waals surface area contributed by atoms with E-state index in [1.54, 1.807) is 0 Å². The summed E-state index contributed by atoms with van der Waals surface area (Å²) < 4.78 is 0. The van der Waals surface area contributed by atoms with E-state index in [4.69, 9.17) is 9.90 Å². The van der Waals surface area contributed by atoms with Gasteiger partial charge in [0.25, 0.3) is 6.47 Å². The largest absolute Gasteiger partial charge is 0.483 e. The second kappa shape index (κ2) is 31.5. The van der Waals surface area contributed by atoms with Crippen LogP contribution in [0, 0.1) is 6.15 Å². The van der Waals surface area contributed by atoms with Gasteiger partial charge in [-0.2, -0.15) is 0 Å². The van der Waals surface area contributed by atoms with Gasteiger partial charge in [-0.25, -0.2) is 0 Å². The van der Waals surface area contributed by atoms with Crippen LogP contribution in [0.4, 0.5) is 0 Å². The van der Waals surface area contributed by atoms with Gasteiger partial charge in [0.2, 0.25) is 0 Å². The number of carbonyl (C=O) groups is 1. The van der Waals surface area contributed by atoms with Gasteiger partial charge in [-0.1, -0.05) is 0 Å². The Morgan fingerprint density at radius 1 is 1.75 bits per heavy atom. The summed E-state index contributed by atoms with van der Waals surface area (Å²) in [6.45, 7) is -0.250. The second-order valence-corrected chi connectivity index (χ2v) is 0.105. The van der Waals surface area contributed by atoms with E-state index in [9.17, 15) is 0 Å². The Bertz CT molecular complexity index is 13.5. The molecule has 3 heteroatoms. The molecule has 0 aromatic carbocycles. The minimum Gasteiger partial charge on any atom is -0.483 e. The van der Waals surface area contributed by atoms with Crippen molar-refractivity contribution >= 4 is 6.47 Å². The molecule has 0 aromatic heterocycles. The molecule has 0 amide bonds. The molecule has 0 bridgehead atoms. The van der Waals surface area contributed by atoms with Crippen LogP contribution in [0.1, 0.15) is 0 Å². The summed E-state index contributed by atoms with van der Waals surface area (Å²) in [5.41, 5.74) is 0. The Morgan fingerprint density at radius 3 is 1.75 bits per heavy atom. The molecule has 0 aromatic rings. The van der Waals surface area contributed by atoms with E-state index in [0.29, 0.717) is 0 Å². The first kappa shape index (κ1) is 10.1. The molecule has 0 spiro atoms. The van der Waals surface area contributed by atoms with E-state index in [0.717, 1.165) is 0 Å². The zero-order valence-corrected chi connectivity index (χ0v) is 2.14. The van der Waals surface area contributed by atoms with Crippen molar-refractivity contribution in [1.82, 2.24) is 0 Å². The summed E-state index contributed by atoms with van der Waals surface area (Å²) in [6.07, 6.45) is 0. The van der Waals surface area contributed by atoms with Crippen LogP contribution in [-0.2, 0) is 4.79 Å². The maximum Gasteiger partial charge on any atom is 0.290 e. The summed E-state index contributed by atoms with van der Waals surface area (Å²) in [5.74, 6) is 0. The molecule has 1 N–H and O–H groups in total. The van der Waals surface area contributed by atoms with Crippen molar-refractivity contribution in [1.29, 1.82) is 0 Å². The molecule has 0 radical (unpaired) electrons. The molecule has 0 aliphatic carbocycles. The van der Waals surface area contributed by atoms with Gasteiger partial charge >= 0.3 is 0 Å². The first-order valence-corrected chi connectivity index (χ1v) is 0.494. The van der Waals surface area contributed by atoms with E-state index in [2.05, 4.69) is 0 Å². The standard InChI is InChI=1S/CH2O2.He/c2-1-3;/h1H,(H,2,3);. The minimum absolute atomic E-state index is 0. The van der Waals surface area contributed by atoms with E-state index >= 15 is 0 Å². The summed E-state index contributed by atoms with van der Waals surface area (Å²) in [7, 11) is 0.